The molecule has 0 unspecified atom stereocenters. The van der Waals surface area contributed by atoms with E-state index >= 15 is 0 Å². The summed E-state index contributed by atoms with van der Waals surface area (Å²) in [5.74, 6) is -0.476. The van der Waals surface area contributed by atoms with Crippen LogP contribution >= 0.6 is 22.9 Å². The Balaban J connectivity index is 0.00000151. The Morgan fingerprint density at radius 1 is 1.40 bits per heavy atom. The molecule has 0 radical (unpaired) electrons. The minimum atomic E-state index is -4.25. The summed E-state index contributed by atoms with van der Waals surface area (Å²) in [5.41, 5.74) is 0.432. The van der Waals surface area contributed by atoms with Crippen molar-refractivity contribution < 1.29 is 23.1 Å². The van der Waals surface area contributed by atoms with Gasteiger partial charge in [-0.25, -0.2) is 9.50 Å². The number of rotatable bonds is 7. The maximum atomic E-state index is 11.9. The molecule has 2 rings (SSSR count). The number of hydrogen-bond donors (Lipinski definition) is 3. The number of halogens is 4. The maximum absolute atomic E-state index is 11.9. The summed E-state index contributed by atoms with van der Waals surface area (Å²) < 4.78 is 37.3. The minimum Gasteiger partial charge on any atom is -0.389 e. The van der Waals surface area contributed by atoms with Gasteiger partial charge in [-0.2, -0.15) is 18.3 Å². The second-order valence-corrected chi connectivity index (χ2v) is 5.91. The smallest absolute Gasteiger partial charge is 0.389 e. The lowest BCUT2D eigenvalue weighted by Gasteiger charge is -2.08. The summed E-state index contributed by atoms with van der Waals surface area (Å²) in [6.45, 7) is 3.21. The maximum Gasteiger partial charge on any atom is 0.390 e. The number of nitrogens with one attached hydrogen (secondary N) is 2. The molecule has 2 aromatic rings. The third-order valence-corrected chi connectivity index (χ3v) is 3.94. The van der Waals surface area contributed by atoms with Crippen LogP contribution in [0.3, 0.4) is 0 Å². The van der Waals surface area contributed by atoms with Gasteiger partial charge >= 0.3 is 6.18 Å². The van der Waals surface area contributed by atoms with Gasteiger partial charge in [-0.05, 0) is 0 Å². The molecule has 0 aliphatic rings. The molecular weight excluding hydrogens is 383 g/mol. The van der Waals surface area contributed by atoms with Gasteiger partial charge in [0.15, 0.2) is 5.15 Å². The van der Waals surface area contributed by atoms with Gasteiger partial charge in [0.1, 0.15) is 10.7 Å². The summed E-state index contributed by atoms with van der Waals surface area (Å²) in [5, 5.41) is 18.6. The fourth-order valence-electron chi connectivity index (χ4n) is 1.69. The number of imidazole rings is 1. The molecule has 0 aliphatic heterocycles. The lowest BCUT2D eigenvalue weighted by molar-refractivity contribution is -0.134. The van der Waals surface area contributed by atoms with Gasteiger partial charge in [0.05, 0.1) is 26.1 Å². The molecule has 12 heteroatoms. The lowest BCUT2D eigenvalue weighted by atomic mass is 10.4. The predicted octanol–water partition coefficient (Wildman–Crippen LogP) is 2.12. The topological polar surface area (TPSA) is 91.5 Å². The van der Waals surface area contributed by atoms with E-state index < -0.39 is 18.5 Å². The Morgan fingerprint density at radius 2 is 2.08 bits per heavy atom. The van der Waals surface area contributed by atoms with Crippen LogP contribution < -0.4 is 10.6 Å². The quantitative estimate of drug-likeness (QED) is 0.618. The van der Waals surface area contributed by atoms with Crippen LogP contribution in [-0.2, 0) is 17.9 Å². The van der Waals surface area contributed by atoms with Gasteiger partial charge in [0.25, 0.3) is 0 Å². The van der Waals surface area contributed by atoms with Gasteiger partial charge in [-0.3, -0.25) is 4.79 Å². The molecule has 142 valence electrons. The molecule has 2 heterocycles. The highest BCUT2D eigenvalue weighted by molar-refractivity contribution is 7.16. The van der Waals surface area contributed by atoms with Crippen LogP contribution in [0.2, 0.25) is 5.15 Å². The van der Waals surface area contributed by atoms with Gasteiger partial charge < -0.3 is 15.7 Å². The van der Waals surface area contributed by atoms with Crippen molar-refractivity contribution in [2.45, 2.75) is 39.6 Å². The van der Waals surface area contributed by atoms with E-state index in [0.29, 0.717) is 15.7 Å². The first-order valence-corrected chi connectivity index (χ1v) is 8.67. The van der Waals surface area contributed by atoms with Gasteiger partial charge in [0.2, 0.25) is 10.9 Å². The number of aliphatic hydroxyl groups is 1. The Bertz CT molecular complexity index is 689. The second-order valence-electron chi connectivity index (χ2n) is 4.52. The number of hydrogen-bond acceptors (Lipinski definition) is 6. The number of aromatic nitrogens is 3. The lowest BCUT2D eigenvalue weighted by Crippen LogP contribution is -2.35. The molecule has 7 nitrogen and oxygen atoms in total. The molecule has 0 aromatic carbocycles. The normalized spacial score (nSPS) is 11.3. The molecule has 0 atom stereocenters. The minimum absolute atomic E-state index is 0.0222. The Morgan fingerprint density at radius 3 is 2.68 bits per heavy atom. The van der Waals surface area contributed by atoms with Crippen LogP contribution in [0.1, 0.15) is 31.0 Å². The average molecular weight is 402 g/mol. The molecule has 0 aliphatic carbocycles. The molecule has 1 amide bonds. The zero-order chi connectivity index (χ0) is 19.0. The molecule has 2 aromatic heterocycles. The first-order valence-electron chi connectivity index (χ1n) is 7.48. The third kappa shape index (κ3) is 6.77. The first kappa shape index (κ1) is 21.6. The van der Waals surface area contributed by atoms with Gasteiger partial charge in [-0.15, -0.1) is 0 Å². The Kier molecular flexibility index (Phi) is 8.56. The van der Waals surface area contributed by atoms with E-state index in [1.165, 1.54) is 4.52 Å². The largest absolute Gasteiger partial charge is 0.390 e. The van der Waals surface area contributed by atoms with E-state index in [2.05, 4.69) is 20.7 Å². The number of amides is 1. The van der Waals surface area contributed by atoms with E-state index in [-0.39, 0.29) is 31.4 Å². The van der Waals surface area contributed by atoms with Crippen molar-refractivity contribution in [3.8, 4) is 0 Å². The SMILES string of the molecule is CC.O=C(CNCCC(F)(F)F)NCc1c(Cl)nc2sc(CO)nn12. The van der Waals surface area contributed by atoms with Crippen LogP contribution in [-0.4, -0.2) is 44.9 Å². The van der Waals surface area contributed by atoms with E-state index in [9.17, 15) is 18.0 Å². The molecule has 0 spiro atoms. The molecule has 0 saturated heterocycles. The summed E-state index contributed by atoms with van der Waals surface area (Å²) in [4.78, 5) is 16.1. The van der Waals surface area contributed by atoms with Crippen molar-refractivity contribution in [1.29, 1.82) is 0 Å². The van der Waals surface area contributed by atoms with E-state index in [1.807, 2.05) is 13.8 Å². The molecule has 25 heavy (non-hydrogen) atoms. The molecule has 0 fully saturated rings. The third-order valence-electron chi connectivity index (χ3n) is 2.75. The Labute approximate surface area is 151 Å². The van der Waals surface area contributed by atoms with Crippen LogP contribution in [0, 0.1) is 0 Å². The van der Waals surface area contributed by atoms with Crippen molar-refractivity contribution >= 4 is 33.8 Å². The number of nitrogens with zero attached hydrogens (tertiary/aromatic N) is 3. The van der Waals surface area contributed by atoms with Crippen LogP contribution in [0.15, 0.2) is 0 Å². The first-order chi connectivity index (χ1) is 11.8. The number of aliphatic hydroxyl groups excluding tert-OH is 1. The fourth-order valence-corrected chi connectivity index (χ4v) is 2.74. The van der Waals surface area contributed by atoms with Crippen LogP contribution in [0.4, 0.5) is 13.2 Å². The summed E-state index contributed by atoms with van der Waals surface area (Å²) >= 11 is 7.11. The molecule has 3 N–H and O–H groups in total. The van der Waals surface area contributed by atoms with Gasteiger partial charge in [0, 0.05) is 6.54 Å². The standard InChI is InChI=1S/C11H13ClF3N5O2S.C2H6/c12-9-6(20-10(18-9)23-8(5-21)19-20)3-17-7(22)4-16-2-1-11(13,14)15;1-2/h16,21H,1-5H2,(H,17,22);1-2H3. The van der Waals surface area contributed by atoms with E-state index in [0.717, 1.165) is 11.3 Å². The van der Waals surface area contributed by atoms with Crippen LogP contribution in [0.25, 0.3) is 4.96 Å². The monoisotopic (exact) mass is 401 g/mol. The van der Waals surface area contributed by atoms with Crippen molar-refractivity contribution in [1.82, 2.24) is 25.2 Å². The highest BCUT2D eigenvalue weighted by Crippen LogP contribution is 2.22. The second kappa shape index (κ2) is 9.90. The predicted molar refractivity (Wildman–Crippen MR) is 88.5 cm³/mol. The van der Waals surface area contributed by atoms with Crippen molar-refractivity contribution in [3.63, 3.8) is 0 Å². The highest BCUT2D eigenvalue weighted by atomic mass is 35.5. The zero-order valence-corrected chi connectivity index (χ0v) is 15.2. The highest BCUT2D eigenvalue weighted by Gasteiger charge is 2.26. The van der Waals surface area contributed by atoms with E-state index in [1.54, 1.807) is 0 Å². The fraction of sp³-hybridized carbons (Fsp3) is 0.615. The summed E-state index contributed by atoms with van der Waals surface area (Å²) in [6, 6.07) is 0. The van der Waals surface area contributed by atoms with Crippen molar-refractivity contribution in [2.75, 3.05) is 13.1 Å². The van der Waals surface area contributed by atoms with Gasteiger partial charge in [-0.1, -0.05) is 36.8 Å². The van der Waals surface area contributed by atoms with Crippen molar-refractivity contribution in [3.05, 3.63) is 15.9 Å². The zero-order valence-electron chi connectivity index (χ0n) is 13.7. The molecular formula is C13H19ClF3N5O2S. The summed E-state index contributed by atoms with van der Waals surface area (Å²) in [6.07, 6.45) is -5.26. The average Bonchev–Trinajstić information content (AvgIpc) is 3.07. The van der Waals surface area contributed by atoms with Crippen LogP contribution in [0.5, 0.6) is 0 Å². The Hall–Kier alpha value is -1.43. The molecule has 0 saturated carbocycles. The number of fused-ring (bicyclic) bond motifs is 1. The van der Waals surface area contributed by atoms with E-state index in [4.69, 9.17) is 16.7 Å². The summed E-state index contributed by atoms with van der Waals surface area (Å²) in [7, 11) is 0. The number of alkyl halides is 3. The number of carbonyl (C=O) groups is 1. The number of carbonyl (C=O) groups excluding carboxylic acids is 1. The molecule has 0 bridgehead atoms. The van der Waals surface area contributed by atoms with Crippen molar-refractivity contribution in [2.24, 2.45) is 0 Å².